The number of aryl methyl sites for hydroxylation is 1. The molecule has 1 amide bonds. The van der Waals surface area contributed by atoms with Crippen LogP contribution >= 0.6 is 0 Å². The lowest BCUT2D eigenvalue weighted by atomic mass is 10.1. The predicted octanol–water partition coefficient (Wildman–Crippen LogP) is -0.913. The highest BCUT2D eigenvalue weighted by molar-refractivity contribution is 7.89. The van der Waals surface area contributed by atoms with Gasteiger partial charge in [0.2, 0.25) is 20.0 Å². The van der Waals surface area contributed by atoms with Crippen molar-refractivity contribution in [3.8, 4) is 0 Å². The molecule has 1 aromatic heterocycles. The Morgan fingerprint density at radius 2 is 1.96 bits per heavy atom. The highest BCUT2D eigenvalue weighted by Crippen LogP contribution is 2.18. The van der Waals surface area contributed by atoms with Gasteiger partial charge in [-0.05, 0) is 18.9 Å². The Kier molecular flexibility index (Phi) is 5.37. The molecule has 1 fully saturated rings. The summed E-state index contributed by atoms with van der Waals surface area (Å²) in [6.45, 7) is 0.496. The fourth-order valence-electron chi connectivity index (χ4n) is 2.66. The summed E-state index contributed by atoms with van der Waals surface area (Å²) in [5.74, 6) is -0.389. The highest BCUT2D eigenvalue weighted by atomic mass is 32.2. The monoisotopic (exact) mass is 378 g/mol. The van der Waals surface area contributed by atoms with Crippen LogP contribution in [-0.4, -0.2) is 64.0 Å². The molecule has 1 aliphatic rings. The van der Waals surface area contributed by atoms with Gasteiger partial charge in [0.05, 0.1) is 6.26 Å². The number of piperidine rings is 1. The van der Waals surface area contributed by atoms with E-state index in [1.54, 1.807) is 7.05 Å². The molecule has 2 rings (SSSR count). The van der Waals surface area contributed by atoms with Gasteiger partial charge >= 0.3 is 0 Å². The van der Waals surface area contributed by atoms with Gasteiger partial charge in [0, 0.05) is 39.4 Å². The van der Waals surface area contributed by atoms with Gasteiger partial charge in [-0.1, -0.05) is 0 Å². The second-order valence-electron chi connectivity index (χ2n) is 5.83. The summed E-state index contributed by atoms with van der Waals surface area (Å²) in [7, 11) is -4.16. The van der Waals surface area contributed by atoms with E-state index >= 15 is 0 Å². The molecule has 24 heavy (non-hydrogen) atoms. The lowest BCUT2D eigenvalue weighted by molar-refractivity contribution is 0.0955. The van der Waals surface area contributed by atoms with Gasteiger partial charge in [-0.2, -0.15) is 0 Å². The van der Waals surface area contributed by atoms with E-state index in [4.69, 9.17) is 0 Å². The van der Waals surface area contributed by atoms with Crippen molar-refractivity contribution >= 4 is 26.0 Å². The SMILES string of the molecule is CNC(=O)c1cc(S(=O)(=O)NC2CCCN(S(C)(=O)=O)C2)cn1C. The number of carbonyl (C=O) groups excluding carboxylic acids is 1. The number of sulfonamides is 2. The average molecular weight is 378 g/mol. The number of aromatic nitrogens is 1. The fourth-order valence-corrected chi connectivity index (χ4v) is 4.90. The van der Waals surface area contributed by atoms with E-state index in [2.05, 4.69) is 10.0 Å². The van der Waals surface area contributed by atoms with E-state index in [-0.39, 0.29) is 23.0 Å². The summed E-state index contributed by atoms with van der Waals surface area (Å²) in [4.78, 5) is 11.7. The first-order valence-electron chi connectivity index (χ1n) is 7.40. The van der Waals surface area contributed by atoms with Crippen molar-refractivity contribution < 1.29 is 21.6 Å². The van der Waals surface area contributed by atoms with E-state index in [0.717, 1.165) is 6.26 Å². The van der Waals surface area contributed by atoms with Gasteiger partial charge in [-0.25, -0.2) is 25.9 Å². The number of nitrogens with zero attached hydrogens (tertiary/aromatic N) is 2. The maximum Gasteiger partial charge on any atom is 0.267 e. The molecule has 1 saturated heterocycles. The summed E-state index contributed by atoms with van der Waals surface area (Å²) >= 11 is 0. The van der Waals surface area contributed by atoms with Crippen LogP contribution in [0.1, 0.15) is 23.3 Å². The third kappa shape index (κ3) is 4.15. The summed E-state index contributed by atoms with van der Waals surface area (Å²) in [5.41, 5.74) is 0.222. The Hall–Kier alpha value is -1.43. The summed E-state index contributed by atoms with van der Waals surface area (Å²) in [6, 6.07) is 0.792. The lowest BCUT2D eigenvalue weighted by Crippen LogP contribution is -2.49. The molecule has 2 heterocycles. The van der Waals surface area contributed by atoms with Crippen molar-refractivity contribution in [3.05, 3.63) is 18.0 Å². The quantitative estimate of drug-likeness (QED) is 0.688. The molecule has 0 aliphatic carbocycles. The van der Waals surface area contributed by atoms with Crippen LogP contribution in [0.25, 0.3) is 0 Å². The molecule has 9 nitrogen and oxygen atoms in total. The molecule has 1 aliphatic heterocycles. The lowest BCUT2D eigenvalue weighted by Gasteiger charge is -2.31. The van der Waals surface area contributed by atoms with Gasteiger partial charge in [-0.15, -0.1) is 0 Å². The van der Waals surface area contributed by atoms with Crippen LogP contribution in [0.2, 0.25) is 0 Å². The van der Waals surface area contributed by atoms with E-state index in [9.17, 15) is 21.6 Å². The fraction of sp³-hybridized carbons (Fsp3) is 0.615. The zero-order valence-corrected chi connectivity index (χ0v) is 15.4. The van der Waals surface area contributed by atoms with Crippen LogP contribution in [0.15, 0.2) is 17.2 Å². The molecular weight excluding hydrogens is 356 g/mol. The molecule has 0 aromatic carbocycles. The number of amides is 1. The van der Waals surface area contributed by atoms with Crippen molar-refractivity contribution in [2.24, 2.45) is 7.05 Å². The summed E-state index contributed by atoms with van der Waals surface area (Å²) in [6.07, 6.45) is 3.60. The Morgan fingerprint density at radius 3 is 2.54 bits per heavy atom. The number of hydrogen-bond donors (Lipinski definition) is 2. The van der Waals surface area contributed by atoms with E-state index in [1.165, 1.54) is 28.2 Å². The van der Waals surface area contributed by atoms with Gasteiger partial charge in [0.1, 0.15) is 10.6 Å². The number of rotatable bonds is 5. The molecule has 1 atom stereocenters. The van der Waals surface area contributed by atoms with Gasteiger partial charge in [0.25, 0.3) is 5.91 Å². The minimum absolute atomic E-state index is 0.0277. The molecule has 1 aromatic rings. The molecule has 2 N–H and O–H groups in total. The molecule has 0 saturated carbocycles. The average Bonchev–Trinajstić information content (AvgIpc) is 2.88. The van der Waals surface area contributed by atoms with Crippen molar-refractivity contribution in [1.29, 1.82) is 0 Å². The van der Waals surface area contributed by atoms with Crippen LogP contribution in [0.4, 0.5) is 0 Å². The highest BCUT2D eigenvalue weighted by Gasteiger charge is 2.30. The Labute approximate surface area is 142 Å². The molecule has 0 spiro atoms. The Morgan fingerprint density at radius 1 is 1.29 bits per heavy atom. The minimum atomic E-state index is -3.84. The van der Waals surface area contributed by atoms with Crippen LogP contribution < -0.4 is 10.0 Å². The molecule has 11 heteroatoms. The van der Waals surface area contributed by atoms with Crippen molar-refractivity contribution in [3.63, 3.8) is 0 Å². The predicted molar refractivity (Wildman–Crippen MR) is 88.6 cm³/mol. The third-order valence-electron chi connectivity index (χ3n) is 3.92. The maximum absolute atomic E-state index is 12.5. The zero-order valence-electron chi connectivity index (χ0n) is 13.8. The topological polar surface area (TPSA) is 118 Å². The standard InChI is InChI=1S/C13H22N4O5S2/c1-14-13(18)12-7-11(9-16(12)2)24(21,22)15-10-5-4-6-17(8-10)23(3,19)20/h7,9-10,15H,4-6,8H2,1-3H3,(H,14,18). The van der Waals surface area contributed by atoms with Crippen molar-refractivity contribution in [2.45, 2.75) is 23.8 Å². The second kappa shape index (κ2) is 6.82. The largest absolute Gasteiger partial charge is 0.354 e. The number of nitrogens with one attached hydrogen (secondary N) is 2. The summed E-state index contributed by atoms with van der Waals surface area (Å²) < 4.78 is 53.5. The van der Waals surface area contributed by atoms with Crippen LogP contribution in [0.3, 0.4) is 0 Å². The van der Waals surface area contributed by atoms with Gasteiger partial charge < -0.3 is 9.88 Å². The van der Waals surface area contributed by atoms with Gasteiger partial charge in [-0.3, -0.25) is 4.79 Å². The Balaban J connectivity index is 2.18. The Bertz CT molecular complexity index is 829. The molecule has 0 radical (unpaired) electrons. The second-order valence-corrected chi connectivity index (χ2v) is 9.53. The van der Waals surface area contributed by atoms with Gasteiger partial charge in [0.15, 0.2) is 0 Å². The number of carbonyl (C=O) groups is 1. The van der Waals surface area contributed by atoms with Crippen LogP contribution in [0.5, 0.6) is 0 Å². The smallest absolute Gasteiger partial charge is 0.267 e. The van der Waals surface area contributed by atoms with Crippen molar-refractivity contribution in [1.82, 2.24) is 18.9 Å². The number of hydrogen-bond acceptors (Lipinski definition) is 5. The summed E-state index contributed by atoms with van der Waals surface area (Å²) in [5, 5.41) is 2.44. The maximum atomic E-state index is 12.5. The first-order valence-corrected chi connectivity index (χ1v) is 10.7. The van der Waals surface area contributed by atoms with E-state index in [1.807, 2.05) is 0 Å². The molecular formula is C13H22N4O5S2. The van der Waals surface area contributed by atoms with Crippen LogP contribution in [-0.2, 0) is 27.1 Å². The first-order chi connectivity index (χ1) is 11.0. The van der Waals surface area contributed by atoms with Crippen molar-refractivity contribution in [2.75, 3.05) is 26.4 Å². The molecule has 0 bridgehead atoms. The van der Waals surface area contributed by atoms with Crippen LogP contribution in [0, 0.1) is 0 Å². The normalized spacial score (nSPS) is 20.0. The van der Waals surface area contributed by atoms with E-state index in [0.29, 0.717) is 19.4 Å². The van der Waals surface area contributed by atoms with E-state index < -0.39 is 26.1 Å². The first kappa shape index (κ1) is 18.9. The molecule has 136 valence electrons. The molecule has 1 unspecified atom stereocenters. The third-order valence-corrected chi connectivity index (χ3v) is 6.68. The zero-order chi connectivity index (χ0) is 18.1. The minimum Gasteiger partial charge on any atom is -0.354 e.